The summed E-state index contributed by atoms with van der Waals surface area (Å²) in [5.74, 6) is -2.19. The third kappa shape index (κ3) is 7.97. The fourth-order valence-electron chi connectivity index (χ4n) is 1.66. The molecule has 2 rings (SSSR count). The second kappa shape index (κ2) is 9.71. The van der Waals surface area contributed by atoms with E-state index in [2.05, 4.69) is 27.5 Å². The standard InChI is InChI=1S/C12H14BrN3O3S.C2HF3O2/c1-2-20(17,18)16(8-7-15-6-5-14-10-15)9-11-3-4-12(13)19-11;3-2(4,5)1(6)7/h2-6,10H,1,7-9H2;(H,6,7). The number of sulfonamides is 1. The smallest absolute Gasteiger partial charge is 0.475 e. The summed E-state index contributed by atoms with van der Waals surface area (Å²) in [7, 11) is -3.51. The lowest BCUT2D eigenvalue weighted by atomic mass is 10.4. The molecular weight excluding hydrogens is 459 g/mol. The number of halogens is 4. The predicted octanol–water partition coefficient (Wildman–Crippen LogP) is 2.85. The highest BCUT2D eigenvalue weighted by atomic mass is 79.9. The van der Waals surface area contributed by atoms with Gasteiger partial charge in [-0.2, -0.15) is 17.5 Å². The largest absolute Gasteiger partial charge is 0.490 e. The molecular formula is C14H15BrF3N3O5S. The van der Waals surface area contributed by atoms with Gasteiger partial charge in [0, 0.05) is 30.9 Å². The zero-order chi connectivity index (χ0) is 20.7. The molecule has 0 amide bonds. The van der Waals surface area contributed by atoms with Gasteiger partial charge in [-0.05, 0) is 28.1 Å². The monoisotopic (exact) mass is 473 g/mol. The number of furan rings is 1. The van der Waals surface area contributed by atoms with E-state index in [-0.39, 0.29) is 6.54 Å². The molecule has 0 bridgehead atoms. The molecule has 27 heavy (non-hydrogen) atoms. The van der Waals surface area contributed by atoms with Crippen LogP contribution in [0.2, 0.25) is 0 Å². The van der Waals surface area contributed by atoms with Gasteiger partial charge in [0.2, 0.25) is 10.0 Å². The zero-order valence-corrected chi connectivity index (χ0v) is 16.0. The molecule has 150 valence electrons. The number of alkyl halides is 3. The van der Waals surface area contributed by atoms with Crippen molar-refractivity contribution < 1.29 is 35.9 Å². The molecule has 0 saturated heterocycles. The number of aromatic nitrogens is 2. The van der Waals surface area contributed by atoms with Gasteiger partial charge in [-0.25, -0.2) is 18.2 Å². The van der Waals surface area contributed by atoms with E-state index >= 15 is 0 Å². The number of nitrogens with zero attached hydrogens (tertiary/aromatic N) is 3. The van der Waals surface area contributed by atoms with Crippen LogP contribution in [0.5, 0.6) is 0 Å². The molecule has 0 atom stereocenters. The summed E-state index contributed by atoms with van der Waals surface area (Å²) in [5, 5.41) is 8.07. The van der Waals surface area contributed by atoms with E-state index in [9.17, 15) is 21.6 Å². The molecule has 13 heteroatoms. The molecule has 0 aromatic carbocycles. The van der Waals surface area contributed by atoms with Gasteiger partial charge < -0.3 is 14.1 Å². The van der Waals surface area contributed by atoms with E-state index in [4.69, 9.17) is 14.3 Å². The number of imidazole rings is 1. The van der Waals surface area contributed by atoms with Crippen molar-refractivity contribution in [2.24, 2.45) is 0 Å². The molecule has 0 unspecified atom stereocenters. The van der Waals surface area contributed by atoms with Gasteiger partial charge in [0.25, 0.3) is 0 Å². The fraction of sp³-hybridized carbons (Fsp3) is 0.286. The third-order valence-electron chi connectivity index (χ3n) is 2.94. The number of rotatable bonds is 7. The second-order valence-electron chi connectivity index (χ2n) is 4.85. The van der Waals surface area contributed by atoms with Gasteiger partial charge in [-0.15, -0.1) is 0 Å². The molecule has 0 aliphatic carbocycles. The number of hydrogen-bond donors (Lipinski definition) is 1. The third-order valence-corrected chi connectivity index (χ3v) is 4.82. The van der Waals surface area contributed by atoms with Crippen LogP contribution in [0.1, 0.15) is 5.76 Å². The molecule has 0 fully saturated rings. The summed E-state index contributed by atoms with van der Waals surface area (Å²) in [6.07, 6.45) is -0.0135. The summed E-state index contributed by atoms with van der Waals surface area (Å²) in [4.78, 5) is 12.8. The summed E-state index contributed by atoms with van der Waals surface area (Å²) in [6.45, 7) is 4.34. The Hall–Kier alpha value is -2.12. The van der Waals surface area contributed by atoms with Crippen LogP contribution in [0.4, 0.5) is 13.2 Å². The van der Waals surface area contributed by atoms with Crippen LogP contribution in [-0.2, 0) is 27.9 Å². The number of hydrogen-bond acceptors (Lipinski definition) is 5. The van der Waals surface area contributed by atoms with Crippen molar-refractivity contribution in [2.45, 2.75) is 19.3 Å². The second-order valence-corrected chi connectivity index (χ2v) is 7.52. The van der Waals surface area contributed by atoms with E-state index in [1.165, 1.54) is 4.31 Å². The highest BCUT2D eigenvalue weighted by molar-refractivity contribution is 9.10. The molecule has 0 saturated carbocycles. The Kier molecular flexibility index (Phi) is 8.24. The number of aliphatic carboxylic acids is 1. The summed E-state index contributed by atoms with van der Waals surface area (Å²) in [5.41, 5.74) is 0. The Morgan fingerprint density at radius 2 is 2.07 bits per heavy atom. The van der Waals surface area contributed by atoms with Crippen molar-refractivity contribution in [2.75, 3.05) is 6.54 Å². The highest BCUT2D eigenvalue weighted by Gasteiger charge is 2.38. The number of carboxylic acid groups (broad SMARTS) is 1. The summed E-state index contributed by atoms with van der Waals surface area (Å²) < 4.78 is 64.8. The van der Waals surface area contributed by atoms with Gasteiger partial charge in [-0.1, -0.05) is 6.58 Å². The fourth-order valence-corrected chi connectivity index (χ4v) is 2.85. The molecule has 2 aromatic heterocycles. The Labute approximate surface area is 161 Å². The van der Waals surface area contributed by atoms with Gasteiger partial charge in [0.1, 0.15) is 5.76 Å². The lowest BCUT2D eigenvalue weighted by Crippen LogP contribution is -2.31. The maximum Gasteiger partial charge on any atom is 0.490 e. The van der Waals surface area contributed by atoms with Crippen molar-refractivity contribution in [1.29, 1.82) is 0 Å². The molecule has 1 N–H and O–H groups in total. The lowest BCUT2D eigenvalue weighted by Gasteiger charge is -2.19. The summed E-state index contributed by atoms with van der Waals surface area (Å²) >= 11 is 3.19. The lowest BCUT2D eigenvalue weighted by molar-refractivity contribution is -0.192. The van der Waals surface area contributed by atoms with E-state index in [1.54, 1.807) is 30.9 Å². The van der Waals surface area contributed by atoms with Crippen LogP contribution < -0.4 is 0 Å². The van der Waals surface area contributed by atoms with E-state index in [1.807, 2.05) is 4.57 Å². The average molecular weight is 474 g/mol. The first-order valence-electron chi connectivity index (χ1n) is 7.08. The topological polar surface area (TPSA) is 106 Å². The zero-order valence-electron chi connectivity index (χ0n) is 13.6. The molecule has 2 heterocycles. The minimum Gasteiger partial charge on any atom is -0.475 e. The van der Waals surface area contributed by atoms with Gasteiger partial charge in [0.15, 0.2) is 4.67 Å². The van der Waals surface area contributed by atoms with Gasteiger partial charge in [0.05, 0.1) is 12.9 Å². The molecule has 0 spiro atoms. The van der Waals surface area contributed by atoms with Crippen LogP contribution >= 0.6 is 15.9 Å². The number of carbonyl (C=O) groups is 1. The van der Waals surface area contributed by atoms with Crippen LogP contribution in [0, 0.1) is 0 Å². The maximum absolute atomic E-state index is 12.0. The molecule has 2 aromatic rings. The van der Waals surface area contributed by atoms with Crippen LogP contribution in [0.3, 0.4) is 0 Å². The van der Waals surface area contributed by atoms with E-state index in [0.29, 0.717) is 23.5 Å². The first-order chi connectivity index (χ1) is 12.5. The van der Waals surface area contributed by atoms with Crippen LogP contribution in [0.25, 0.3) is 0 Å². The number of carboxylic acids is 1. The average Bonchev–Trinajstić information content (AvgIpc) is 3.22. The summed E-state index contributed by atoms with van der Waals surface area (Å²) in [6, 6.07) is 3.46. The normalized spacial score (nSPS) is 11.7. The van der Waals surface area contributed by atoms with Crippen molar-refractivity contribution in [3.8, 4) is 0 Å². The Bertz CT molecular complexity index is 850. The maximum atomic E-state index is 12.0. The van der Waals surface area contributed by atoms with Crippen molar-refractivity contribution in [3.63, 3.8) is 0 Å². The SMILES string of the molecule is C=CS(=O)(=O)N(CCn1ccnc1)Cc1ccc(Br)o1.O=C(O)C(F)(F)F. The Morgan fingerprint density at radius 3 is 2.48 bits per heavy atom. The quantitative estimate of drug-likeness (QED) is 0.662. The predicted molar refractivity (Wildman–Crippen MR) is 91.9 cm³/mol. The van der Waals surface area contributed by atoms with Crippen LogP contribution in [-0.4, -0.2) is 46.1 Å². The Morgan fingerprint density at radius 1 is 1.44 bits per heavy atom. The highest BCUT2D eigenvalue weighted by Crippen LogP contribution is 2.17. The Balaban J connectivity index is 0.000000445. The van der Waals surface area contributed by atoms with Crippen LogP contribution in [0.15, 0.2) is 51.9 Å². The van der Waals surface area contributed by atoms with E-state index in [0.717, 1.165) is 5.41 Å². The van der Waals surface area contributed by atoms with E-state index < -0.39 is 22.2 Å². The van der Waals surface area contributed by atoms with Gasteiger partial charge in [-0.3, -0.25) is 0 Å². The minimum absolute atomic E-state index is 0.161. The molecule has 0 aliphatic heterocycles. The molecule has 0 radical (unpaired) electrons. The van der Waals surface area contributed by atoms with Crippen molar-refractivity contribution in [3.05, 3.63) is 53.3 Å². The molecule has 0 aliphatic rings. The minimum atomic E-state index is -5.08. The van der Waals surface area contributed by atoms with Crippen molar-refractivity contribution in [1.82, 2.24) is 13.9 Å². The first kappa shape index (κ1) is 22.9. The molecule has 8 nitrogen and oxygen atoms in total. The van der Waals surface area contributed by atoms with Crippen molar-refractivity contribution >= 4 is 31.9 Å². The van der Waals surface area contributed by atoms with Gasteiger partial charge >= 0.3 is 12.1 Å². The first-order valence-corrected chi connectivity index (χ1v) is 9.38.